The molecule has 0 aliphatic carbocycles. The minimum atomic E-state index is -0.791. The van der Waals surface area contributed by atoms with Crippen molar-refractivity contribution < 1.29 is 23.9 Å². The van der Waals surface area contributed by atoms with E-state index in [0.29, 0.717) is 11.1 Å². The van der Waals surface area contributed by atoms with E-state index in [-0.39, 0.29) is 12.5 Å². The molecule has 1 aromatic carbocycles. The number of nitrogens with zero attached hydrogens (tertiary/aromatic N) is 1. The SMILES string of the molecule is CCC(CC)NC(=O)COC(=O)CN1C(=O)Cc2ccccc2C1=O. The van der Waals surface area contributed by atoms with Gasteiger partial charge in [-0.2, -0.15) is 0 Å². The minimum Gasteiger partial charge on any atom is -0.454 e. The molecule has 0 aromatic heterocycles. The lowest BCUT2D eigenvalue weighted by Gasteiger charge is -2.25. The maximum absolute atomic E-state index is 12.3. The summed E-state index contributed by atoms with van der Waals surface area (Å²) in [5.41, 5.74) is 1.05. The topological polar surface area (TPSA) is 92.8 Å². The summed E-state index contributed by atoms with van der Waals surface area (Å²) in [5.74, 6) is -2.17. The third-order valence-electron chi connectivity index (χ3n) is 4.14. The van der Waals surface area contributed by atoms with Gasteiger partial charge in [0.15, 0.2) is 6.61 Å². The van der Waals surface area contributed by atoms with Crippen molar-refractivity contribution in [1.82, 2.24) is 10.2 Å². The Morgan fingerprint density at radius 3 is 2.56 bits per heavy atom. The number of hydrogen-bond donors (Lipinski definition) is 1. The number of nitrogens with one attached hydrogen (secondary N) is 1. The predicted octanol–water partition coefficient (Wildman–Crippen LogP) is 1.06. The molecule has 25 heavy (non-hydrogen) atoms. The van der Waals surface area contributed by atoms with Gasteiger partial charge >= 0.3 is 5.97 Å². The molecule has 1 heterocycles. The highest BCUT2D eigenvalue weighted by Gasteiger charge is 2.32. The van der Waals surface area contributed by atoms with E-state index in [1.165, 1.54) is 0 Å². The molecular formula is C18H22N2O5. The number of carbonyl (C=O) groups excluding carboxylic acids is 4. The van der Waals surface area contributed by atoms with Crippen LogP contribution in [-0.2, 0) is 25.5 Å². The summed E-state index contributed by atoms with van der Waals surface area (Å²) in [6.45, 7) is 2.98. The molecule has 134 valence electrons. The van der Waals surface area contributed by atoms with E-state index in [0.717, 1.165) is 17.7 Å². The van der Waals surface area contributed by atoms with Crippen molar-refractivity contribution in [1.29, 1.82) is 0 Å². The molecular weight excluding hydrogens is 324 g/mol. The van der Waals surface area contributed by atoms with Gasteiger partial charge in [-0.3, -0.25) is 24.1 Å². The number of benzene rings is 1. The van der Waals surface area contributed by atoms with E-state index in [1.54, 1.807) is 24.3 Å². The van der Waals surface area contributed by atoms with Crippen LogP contribution in [0.3, 0.4) is 0 Å². The summed E-state index contributed by atoms with van der Waals surface area (Å²) in [6, 6.07) is 6.81. The Morgan fingerprint density at radius 2 is 1.88 bits per heavy atom. The van der Waals surface area contributed by atoms with Crippen LogP contribution in [0.1, 0.15) is 42.6 Å². The average Bonchev–Trinajstić information content (AvgIpc) is 2.61. The van der Waals surface area contributed by atoms with Gasteiger partial charge in [-0.05, 0) is 24.5 Å². The van der Waals surface area contributed by atoms with Gasteiger partial charge in [-0.1, -0.05) is 32.0 Å². The van der Waals surface area contributed by atoms with Crippen LogP contribution >= 0.6 is 0 Å². The molecule has 1 aromatic rings. The number of hydrogen-bond acceptors (Lipinski definition) is 5. The lowest BCUT2D eigenvalue weighted by atomic mass is 9.98. The highest BCUT2D eigenvalue weighted by Crippen LogP contribution is 2.19. The molecule has 0 fully saturated rings. The van der Waals surface area contributed by atoms with Gasteiger partial charge in [0.05, 0.1) is 6.42 Å². The minimum absolute atomic E-state index is 0.0351. The van der Waals surface area contributed by atoms with Crippen LogP contribution in [0.2, 0.25) is 0 Å². The molecule has 0 radical (unpaired) electrons. The summed E-state index contributed by atoms with van der Waals surface area (Å²) in [5, 5.41) is 2.74. The Hall–Kier alpha value is -2.70. The molecule has 2 rings (SSSR count). The maximum atomic E-state index is 12.3. The monoisotopic (exact) mass is 346 g/mol. The first-order valence-corrected chi connectivity index (χ1v) is 8.33. The zero-order valence-electron chi connectivity index (χ0n) is 14.4. The highest BCUT2D eigenvalue weighted by atomic mass is 16.5. The van der Waals surface area contributed by atoms with Crippen LogP contribution in [-0.4, -0.2) is 47.8 Å². The fourth-order valence-corrected chi connectivity index (χ4v) is 2.64. The number of rotatable bonds is 7. The van der Waals surface area contributed by atoms with Crippen molar-refractivity contribution in [2.24, 2.45) is 0 Å². The van der Waals surface area contributed by atoms with Crippen LogP contribution in [0.5, 0.6) is 0 Å². The third kappa shape index (κ3) is 4.65. The zero-order valence-corrected chi connectivity index (χ0v) is 14.4. The van der Waals surface area contributed by atoms with E-state index in [4.69, 9.17) is 4.74 Å². The van der Waals surface area contributed by atoms with Gasteiger partial charge in [-0.15, -0.1) is 0 Å². The number of ether oxygens (including phenoxy) is 1. The van der Waals surface area contributed by atoms with Crippen molar-refractivity contribution in [3.05, 3.63) is 35.4 Å². The Morgan fingerprint density at radius 1 is 1.20 bits per heavy atom. The van der Waals surface area contributed by atoms with Crippen molar-refractivity contribution >= 4 is 23.7 Å². The second-order valence-electron chi connectivity index (χ2n) is 5.86. The van der Waals surface area contributed by atoms with Crippen molar-refractivity contribution in [2.75, 3.05) is 13.2 Å². The Labute approximate surface area is 146 Å². The van der Waals surface area contributed by atoms with Gasteiger partial charge in [-0.25, -0.2) is 0 Å². The van der Waals surface area contributed by atoms with Crippen LogP contribution < -0.4 is 5.32 Å². The molecule has 0 spiro atoms. The number of amides is 3. The van der Waals surface area contributed by atoms with E-state index >= 15 is 0 Å². The smallest absolute Gasteiger partial charge is 0.326 e. The molecule has 1 N–H and O–H groups in total. The molecule has 1 aliphatic rings. The summed E-state index contributed by atoms with van der Waals surface area (Å²) < 4.78 is 4.88. The number of esters is 1. The van der Waals surface area contributed by atoms with E-state index in [9.17, 15) is 19.2 Å². The van der Waals surface area contributed by atoms with E-state index in [1.807, 2.05) is 13.8 Å². The standard InChI is InChI=1S/C18H22N2O5/c1-3-13(4-2)19-15(21)11-25-17(23)10-20-16(22)9-12-7-5-6-8-14(12)18(20)24/h5-8,13H,3-4,9-11H2,1-2H3,(H,19,21). The molecule has 0 saturated carbocycles. The molecule has 0 bridgehead atoms. The molecule has 1 aliphatic heterocycles. The van der Waals surface area contributed by atoms with Crippen LogP contribution in [0.25, 0.3) is 0 Å². The van der Waals surface area contributed by atoms with Crippen LogP contribution in [0, 0.1) is 0 Å². The quantitative estimate of drug-likeness (QED) is 0.589. The van der Waals surface area contributed by atoms with Gasteiger partial charge < -0.3 is 10.1 Å². The summed E-state index contributed by atoms with van der Waals surface area (Å²) in [4.78, 5) is 48.9. The number of fused-ring (bicyclic) bond motifs is 1. The largest absolute Gasteiger partial charge is 0.454 e. The van der Waals surface area contributed by atoms with Gasteiger partial charge in [0.25, 0.3) is 11.8 Å². The number of imide groups is 1. The average molecular weight is 346 g/mol. The second-order valence-corrected chi connectivity index (χ2v) is 5.86. The lowest BCUT2D eigenvalue weighted by molar-refractivity contribution is -0.151. The Bertz CT molecular complexity index is 682. The Balaban J connectivity index is 1.89. The fourth-order valence-electron chi connectivity index (χ4n) is 2.64. The lowest BCUT2D eigenvalue weighted by Crippen LogP contribution is -2.46. The molecule has 7 heteroatoms. The summed E-state index contributed by atoms with van der Waals surface area (Å²) in [6.07, 6.45) is 1.63. The summed E-state index contributed by atoms with van der Waals surface area (Å²) in [7, 11) is 0. The van der Waals surface area contributed by atoms with Gasteiger partial charge in [0.1, 0.15) is 6.54 Å². The Kier molecular flexibility index (Phi) is 6.27. The van der Waals surface area contributed by atoms with Crippen molar-refractivity contribution in [3.8, 4) is 0 Å². The highest BCUT2D eigenvalue weighted by molar-refractivity contribution is 6.11. The van der Waals surface area contributed by atoms with Crippen LogP contribution in [0.15, 0.2) is 24.3 Å². The molecule has 0 saturated heterocycles. The fraction of sp³-hybridized carbons (Fsp3) is 0.444. The molecule has 0 atom stereocenters. The van der Waals surface area contributed by atoms with E-state index in [2.05, 4.69) is 5.32 Å². The van der Waals surface area contributed by atoms with E-state index < -0.39 is 36.8 Å². The first-order valence-electron chi connectivity index (χ1n) is 8.33. The van der Waals surface area contributed by atoms with Crippen molar-refractivity contribution in [2.45, 2.75) is 39.2 Å². The maximum Gasteiger partial charge on any atom is 0.326 e. The molecule has 3 amide bonds. The first kappa shape index (κ1) is 18.6. The van der Waals surface area contributed by atoms with Gasteiger partial charge in [0, 0.05) is 11.6 Å². The second kappa shape index (κ2) is 8.41. The summed E-state index contributed by atoms with van der Waals surface area (Å²) >= 11 is 0. The zero-order chi connectivity index (χ0) is 18.4. The van der Waals surface area contributed by atoms with Gasteiger partial charge in [0.2, 0.25) is 5.91 Å². The van der Waals surface area contributed by atoms with Crippen LogP contribution in [0.4, 0.5) is 0 Å². The van der Waals surface area contributed by atoms with Crippen molar-refractivity contribution in [3.63, 3.8) is 0 Å². The first-order chi connectivity index (χ1) is 12.0. The predicted molar refractivity (Wildman–Crippen MR) is 89.7 cm³/mol. The third-order valence-corrected chi connectivity index (χ3v) is 4.14. The number of carbonyl (C=O) groups is 4. The molecule has 7 nitrogen and oxygen atoms in total. The molecule has 0 unspecified atom stereocenters. The normalized spacial score (nSPS) is 13.6.